The Labute approximate surface area is 133 Å². The minimum Gasteiger partial charge on any atom is -0.480 e. The van der Waals surface area contributed by atoms with Crippen molar-refractivity contribution in [1.29, 1.82) is 0 Å². The van der Waals surface area contributed by atoms with Crippen molar-refractivity contribution in [1.82, 2.24) is 0 Å². The summed E-state index contributed by atoms with van der Waals surface area (Å²) in [7, 11) is 0. The van der Waals surface area contributed by atoms with Gasteiger partial charge in [-0.2, -0.15) is 0 Å². The highest BCUT2D eigenvalue weighted by molar-refractivity contribution is 5.86. The minimum absolute atomic E-state index is 0.116. The minimum atomic E-state index is -1.09. The van der Waals surface area contributed by atoms with E-state index >= 15 is 0 Å². The summed E-state index contributed by atoms with van der Waals surface area (Å²) >= 11 is 0. The number of hydrogen-bond acceptors (Lipinski definition) is 4. The molecule has 23 heavy (non-hydrogen) atoms. The van der Waals surface area contributed by atoms with Gasteiger partial charge in [0.2, 0.25) is 0 Å². The number of ether oxygens (including phenoxy) is 1. The highest BCUT2D eigenvalue weighted by Gasteiger charge is 2.15. The molecular formula is C17H18N2O4. The Hall–Kier alpha value is -2.86. The monoisotopic (exact) mass is 314 g/mol. The number of carboxylic acid groups (broad SMARTS) is 1. The van der Waals surface area contributed by atoms with Crippen molar-refractivity contribution in [2.75, 3.05) is 5.32 Å². The predicted octanol–water partition coefficient (Wildman–Crippen LogP) is 2.39. The number of rotatable bonds is 6. The van der Waals surface area contributed by atoms with Gasteiger partial charge in [0.05, 0.1) is 0 Å². The summed E-state index contributed by atoms with van der Waals surface area (Å²) in [5.74, 6) is -1.09. The van der Waals surface area contributed by atoms with E-state index < -0.39 is 18.1 Å². The molecule has 0 heterocycles. The first-order valence-corrected chi connectivity index (χ1v) is 7.10. The van der Waals surface area contributed by atoms with Crippen LogP contribution >= 0.6 is 0 Å². The highest BCUT2D eigenvalue weighted by atomic mass is 16.5. The average molecular weight is 314 g/mol. The number of carboxylic acids is 1. The number of carbonyl (C=O) groups is 2. The number of amides is 1. The van der Waals surface area contributed by atoms with E-state index in [1.165, 1.54) is 0 Å². The van der Waals surface area contributed by atoms with Gasteiger partial charge in [0.1, 0.15) is 12.6 Å². The first-order chi connectivity index (χ1) is 11.1. The summed E-state index contributed by atoms with van der Waals surface area (Å²) in [6.45, 7) is 0.156. The van der Waals surface area contributed by atoms with Crippen molar-refractivity contribution in [2.24, 2.45) is 5.73 Å². The number of carbonyl (C=O) groups excluding carboxylic acids is 1. The molecule has 0 aliphatic heterocycles. The summed E-state index contributed by atoms with van der Waals surface area (Å²) < 4.78 is 5.14. The second kappa shape index (κ2) is 7.95. The summed E-state index contributed by atoms with van der Waals surface area (Å²) in [5, 5.41) is 11.5. The second-order valence-corrected chi connectivity index (χ2v) is 4.99. The molecule has 0 spiro atoms. The van der Waals surface area contributed by atoms with Crippen LogP contribution in [0.3, 0.4) is 0 Å². The SMILES string of the molecule is NC(Cc1ccccc1NC(=O)OCc1ccccc1)C(=O)O. The number of nitrogens with one attached hydrogen (secondary N) is 1. The lowest BCUT2D eigenvalue weighted by Gasteiger charge is -2.13. The third-order valence-electron chi connectivity index (χ3n) is 3.22. The number of nitrogens with two attached hydrogens (primary N) is 1. The van der Waals surface area contributed by atoms with Crippen LogP contribution < -0.4 is 11.1 Å². The van der Waals surface area contributed by atoms with Gasteiger partial charge in [-0.25, -0.2) is 4.79 Å². The largest absolute Gasteiger partial charge is 0.480 e. The lowest BCUT2D eigenvalue weighted by atomic mass is 10.0. The molecular weight excluding hydrogens is 296 g/mol. The summed E-state index contributed by atoms with van der Waals surface area (Å²) in [6, 6.07) is 15.2. The number of anilines is 1. The molecule has 2 aromatic rings. The molecule has 0 saturated heterocycles. The van der Waals surface area contributed by atoms with Crippen LogP contribution in [0.15, 0.2) is 54.6 Å². The third kappa shape index (κ3) is 5.12. The Morgan fingerprint density at radius 2 is 1.74 bits per heavy atom. The predicted molar refractivity (Wildman–Crippen MR) is 86.0 cm³/mol. The highest BCUT2D eigenvalue weighted by Crippen LogP contribution is 2.17. The molecule has 6 heteroatoms. The second-order valence-electron chi connectivity index (χ2n) is 4.99. The van der Waals surface area contributed by atoms with Gasteiger partial charge in [-0.3, -0.25) is 10.1 Å². The zero-order chi connectivity index (χ0) is 16.7. The van der Waals surface area contributed by atoms with Crippen LogP contribution in [0.4, 0.5) is 10.5 Å². The molecule has 0 saturated carbocycles. The zero-order valence-corrected chi connectivity index (χ0v) is 12.4. The van der Waals surface area contributed by atoms with Crippen LogP contribution in [0.25, 0.3) is 0 Å². The average Bonchev–Trinajstić information content (AvgIpc) is 2.55. The number of hydrogen-bond donors (Lipinski definition) is 3. The maximum absolute atomic E-state index is 11.9. The van der Waals surface area contributed by atoms with Gasteiger partial charge >= 0.3 is 12.1 Å². The molecule has 4 N–H and O–H groups in total. The van der Waals surface area contributed by atoms with E-state index in [-0.39, 0.29) is 13.0 Å². The topological polar surface area (TPSA) is 102 Å². The van der Waals surface area contributed by atoms with Gasteiger partial charge in [-0.15, -0.1) is 0 Å². The van der Waals surface area contributed by atoms with Gasteiger partial charge in [-0.05, 0) is 17.2 Å². The Kier molecular flexibility index (Phi) is 5.71. The smallest absolute Gasteiger partial charge is 0.411 e. The van der Waals surface area contributed by atoms with Gasteiger partial charge in [-0.1, -0.05) is 48.5 Å². The fraction of sp³-hybridized carbons (Fsp3) is 0.176. The fourth-order valence-electron chi connectivity index (χ4n) is 2.01. The van der Waals surface area contributed by atoms with Crippen LogP contribution in [-0.2, 0) is 22.6 Å². The van der Waals surface area contributed by atoms with Gasteiger partial charge < -0.3 is 15.6 Å². The molecule has 1 unspecified atom stereocenters. The molecule has 0 fully saturated rings. The van der Waals surface area contributed by atoms with Gasteiger partial charge in [0.25, 0.3) is 0 Å². The summed E-state index contributed by atoms with van der Waals surface area (Å²) in [6.07, 6.45) is -0.491. The van der Waals surface area contributed by atoms with Crippen LogP contribution in [0, 0.1) is 0 Å². The van der Waals surface area contributed by atoms with Crippen molar-refractivity contribution in [3.05, 3.63) is 65.7 Å². The standard InChI is InChI=1S/C17H18N2O4/c18-14(16(20)21)10-13-8-4-5-9-15(13)19-17(22)23-11-12-6-2-1-3-7-12/h1-9,14H,10-11,18H2,(H,19,22)(H,20,21). The molecule has 2 aromatic carbocycles. The van der Waals surface area contributed by atoms with E-state index in [1.807, 2.05) is 30.3 Å². The van der Waals surface area contributed by atoms with E-state index in [2.05, 4.69) is 5.32 Å². The molecule has 1 amide bonds. The lowest BCUT2D eigenvalue weighted by Crippen LogP contribution is -2.32. The Bertz CT molecular complexity index is 673. The lowest BCUT2D eigenvalue weighted by molar-refractivity contribution is -0.138. The third-order valence-corrected chi connectivity index (χ3v) is 3.22. The van der Waals surface area contributed by atoms with E-state index in [4.69, 9.17) is 15.6 Å². The van der Waals surface area contributed by atoms with E-state index in [0.29, 0.717) is 11.3 Å². The van der Waals surface area contributed by atoms with Crippen LogP contribution in [-0.4, -0.2) is 23.2 Å². The van der Waals surface area contributed by atoms with E-state index in [0.717, 1.165) is 5.56 Å². The number of benzene rings is 2. The van der Waals surface area contributed by atoms with Crippen molar-refractivity contribution >= 4 is 17.7 Å². The van der Waals surface area contributed by atoms with Crippen molar-refractivity contribution in [2.45, 2.75) is 19.1 Å². The molecule has 0 aromatic heterocycles. The first-order valence-electron chi connectivity index (χ1n) is 7.10. The number of aliphatic carboxylic acids is 1. The molecule has 0 aliphatic rings. The molecule has 120 valence electrons. The fourth-order valence-corrected chi connectivity index (χ4v) is 2.01. The maximum Gasteiger partial charge on any atom is 0.411 e. The molecule has 6 nitrogen and oxygen atoms in total. The Morgan fingerprint density at radius 3 is 2.43 bits per heavy atom. The van der Waals surface area contributed by atoms with Crippen molar-refractivity contribution < 1.29 is 19.4 Å². The molecule has 0 aliphatic carbocycles. The molecule has 0 bridgehead atoms. The van der Waals surface area contributed by atoms with E-state index in [1.54, 1.807) is 24.3 Å². The zero-order valence-electron chi connectivity index (χ0n) is 12.4. The quantitative estimate of drug-likeness (QED) is 0.760. The van der Waals surface area contributed by atoms with Crippen LogP contribution in [0.2, 0.25) is 0 Å². The molecule has 1 atom stereocenters. The van der Waals surface area contributed by atoms with E-state index in [9.17, 15) is 9.59 Å². The van der Waals surface area contributed by atoms with Crippen molar-refractivity contribution in [3.63, 3.8) is 0 Å². The summed E-state index contributed by atoms with van der Waals surface area (Å²) in [4.78, 5) is 22.7. The van der Waals surface area contributed by atoms with Gasteiger partial charge in [0, 0.05) is 12.1 Å². The Balaban J connectivity index is 1.96. The first kappa shape index (κ1) is 16.5. The van der Waals surface area contributed by atoms with Gasteiger partial charge in [0.15, 0.2) is 0 Å². The molecule has 0 radical (unpaired) electrons. The normalized spacial score (nSPS) is 11.5. The number of para-hydroxylation sites is 1. The Morgan fingerprint density at radius 1 is 1.09 bits per heavy atom. The van der Waals surface area contributed by atoms with Crippen LogP contribution in [0.1, 0.15) is 11.1 Å². The summed E-state index contributed by atoms with van der Waals surface area (Å²) in [5.41, 5.74) is 7.54. The van der Waals surface area contributed by atoms with Crippen LogP contribution in [0.5, 0.6) is 0 Å². The molecule has 2 rings (SSSR count). The van der Waals surface area contributed by atoms with Crippen molar-refractivity contribution in [3.8, 4) is 0 Å². The maximum atomic E-state index is 11.9.